The molecule has 5 nitrogen and oxygen atoms in total. The summed E-state index contributed by atoms with van der Waals surface area (Å²) in [7, 11) is 3.52. The van der Waals surface area contributed by atoms with Gasteiger partial charge in [0.2, 0.25) is 5.91 Å². The second-order valence-electron chi connectivity index (χ2n) is 7.13. The molecular formula is C20H32N4O. The lowest BCUT2D eigenvalue weighted by molar-refractivity contribution is -0.127. The van der Waals surface area contributed by atoms with Gasteiger partial charge >= 0.3 is 0 Å². The van der Waals surface area contributed by atoms with Crippen molar-refractivity contribution < 1.29 is 4.79 Å². The Hall–Kier alpha value is -2.04. The predicted octanol–water partition coefficient (Wildman–Crippen LogP) is 2.43. The monoisotopic (exact) mass is 344 g/mol. The predicted molar refractivity (Wildman–Crippen MR) is 104 cm³/mol. The maximum Gasteiger partial charge on any atom is 0.243 e. The van der Waals surface area contributed by atoms with E-state index < -0.39 is 0 Å². The van der Waals surface area contributed by atoms with Crippen molar-refractivity contribution >= 4 is 11.9 Å². The van der Waals surface area contributed by atoms with Crippen LogP contribution in [0.1, 0.15) is 38.2 Å². The highest BCUT2D eigenvalue weighted by Crippen LogP contribution is 2.23. The van der Waals surface area contributed by atoms with Gasteiger partial charge in [0.1, 0.15) is 6.54 Å². The van der Waals surface area contributed by atoms with Gasteiger partial charge < -0.3 is 15.5 Å². The molecule has 0 saturated heterocycles. The first kappa shape index (κ1) is 19.3. The summed E-state index contributed by atoms with van der Waals surface area (Å²) >= 11 is 0. The van der Waals surface area contributed by atoms with E-state index in [-0.39, 0.29) is 12.5 Å². The minimum Gasteiger partial charge on any atom is -0.356 e. The van der Waals surface area contributed by atoms with Crippen LogP contribution in [0.25, 0.3) is 0 Å². The van der Waals surface area contributed by atoms with Crippen molar-refractivity contribution in [3.8, 4) is 0 Å². The third-order valence-corrected chi connectivity index (χ3v) is 4.85. The first-order valence-corrected chi connectivity index (χ1v) is 9.35. The Morgan fingerprint density at radius 2 is 1.92 bits per heavy atom. The Morgan fingerprint density at radius 3 is 2.60 bits per heavy atom. The van der Waals surface area contributed by atoms with Gasteiger partial charge in [-0.1, -0.05) is 50.1 Å². The minimum atomic E-state index is 0.0147. The van der Waals surface area contributed by atoms with E-state index in [2.05, 4.69) is 46.8 Å². The molecular weight excluding hydrogens is 312 g/mol. The average Bonchev–Trinajstić information content (AvgIpc) is 2.61. The fraction of sp³-hybridized carbons (Fsp3) is 0.600. The molecule has 0 radical (unpaired) electrons. The average molecular weight is 345 g/mol. The van der Waals surface area contributed by atoms with E-state index in [1.54, 1.807) is 19.0 Å². The van der Waals surface area contributed by atoms with Crippen molar-refractivity contribution in [2.75, 3.05) is 27.2 Å². The Bertz CT molecular complexity index is 556. The van der Waals surface area contributed by atoms with E-state index in [0.29, 0.717) is 12.0 Å². The van der Waals surface area contributed by atoms with E-state index in [9.17, 15) is 4.79 Å². The molecule has 1 aliphatic carbocycles. The van der Waals surface area contributed by atoms with Crippen LogP contribution >= 0.6 is 0 Å². The van der Waals surface area contributed by atoms with E-state index in [1.165, 1.54) is 31.2 Å². The first-order valence-electron chi connectivity index (χ1n) is 9.35. The number of carbonyl (C=O) groups excluding carboxylic acids is 1. The zero-order chi connectivity index (χ0) is 18.1. The lowest BCUT2D eigenvalue weighted by Crippen LogP contribution is -2.48. The second-order valence-corrected chi connectivity index (χ2v) is 7.13. The van der Waals surface area contributed by atoms with Gasteiger partial charge in [-0.15, -0.1) is 0 Å². The van der Waals surface area contributed by atoms with Crippen LogP contribution in [0.15, 0.2) is 35.3 Å². The molecule has 2 rings (SSSR count). The number of hydrogen-bond donors (Lipinski definition) is 2. The van der Waals surface area contributed by atoms with Crippen molar-refractivity contribution in [2.24, 2.45) is 10.9 Å². The van der Waals surface area contributed by atoms with Crippen molar-refractivity contribution in [3.05, 3.63) is 35.9 Å². The molecule has 2 unspecified atom stereocenters. The lowest BCUT2D eigenvalue weighted by atomic mass is 9.86. The molecule has 1 aromatic rings. The van der Waals surface area contributed by atoms with Gasteiger partial charge in [-0.3, -0.25) is 4.79 Å². The van der Waals surface area contributed by atoms with Crippen molar-refractivity contribution in [1.82, 2.24) is 15.5 Å². The quantitative estimate of drug-likeness (QED) is 0.615. The van der Waals surface area contributed by atoms with Gasteiger partial charge in [0.15, 0.2) is 5.96 Å². The second kappa shape index (κ2) is 10.1. The van der Waals surface area contributed by atoms with Crippen LogP contribution in [0.4, 0.5) is 0 Å². The summed E-state index contributed by atoms with van der Waals surface area (Å²) < 4.78 is 0. The molecule has 2 atom stereocenters. The smallest absolute Gasteiger partial charge is 0.243 e. The first-order chi connectivity index (χ1) is 12.1. The van der Waals surface area contributed by atoms with Crippen LogP contribution in [0, 0.1) is 5.92 Å². The number of nitrogens with one attached hydrogen (secondary N) is 2. The van der Waals surface area contributed by atoms with Crippen LogP contribution in [0.2, 0.25) is 0 Å². The molecule has 5 heteroatoms. The highest BCUT2D eigenvalue weighted by Gasteiger charge is 2.22. The van der Waals surface area contributed by atoms with Crippen molar-refractivity contribution in [1.29, 1.82) is 0 Å². The highest BCUT2D eigenvalue weighted by molar-refractivity contribution is 5.84. The van der Waals surface area contributed by atoms with Gasteiger partial charge in [-0.05, 0) is 30.7 Å². The van der Waals surface area contributed by atoms with Crippen molar-refractivity contribution in [3.63, 3.8) is 0 Å². The Labute approximate surface area is 151 Å². The number of aliphatic imine (C=N–C) groups is 1. The fourth-order valence-corrected chi connectivity index (χ4v) is 3.12. The number of amides is 1. The summed E-state index contributed by atoms with van der Waals surface area (Å²) in [6, 6.07) is 10.8. The molecule has 1 saturated carbocycles. The number of rotatable bonds is 6. The topological polar surface area (TPSA) is 56.7 Å². The molecule has 0 heterocycles. The number of carbonyl (C=O) groups is 1. The number of benzene rings is 1. The molecule has 1 fully saturated rings. The van der Waals surface area contributed by atoms with Gasteiger partial charge in [0, 0.05) is 26.7 Å². The molecule has 2 N–H and O–H groups in total. The number of hydrogen-bond acceptors (Lipinski definition) is 2. The Morgan fingerprint density at radius 1 is 1.20 bits per heavy atom. The van der Waals surface area contributed by atoms with Crippen molar-refractivity contribution in [2.45, 2.75) is 45.1 Å². The zero-order valence-corrected chi connectivity index (χ0v) is 15.8. The summed E-state index contributed by atoms with van der Waals surface area (Å²) in [4.78, 5) is 17.9. The zero-order valence-electron chi connectivity index (χ0n) is 15.8. The minimum absolute atomic E-state index is 0.0147. The van der Waals surface area contributed by atoms with Gasteiger partial charge in [0.05, 0.1) is 0 Å². The molecule has 0 spiro atoms. The maximum absolute atomic E-state index is 11.9. The molecule has 1 amide bonds. The standard InChI is InChI=1S/C20H32N4O/c1-16-9-7-8-12-18(16)23-20(22-15-19(25)24(2)3)21-14-13-17-10-5-4-6-11-17/h4-6,10-11,16,18H,7-9,12-15H2,1-3H3,(H2,21,22,23). The molecule has 0 aliphatic heterocycles. The third kappa shape index (κ3) is 6.77. The van der Waals surface area contributed by atoms with E-state index in [0.717, 1.165) is 18.9 Å². The summed E-state index contributed by atoms with van der Waals surface area (Å²) in [6.45, 7) is 3.27. The van der Waals surface area contributed by atoms with Crippen LogP contribution in [-0.2, 0) is 11.2 Å². The van der Waals surface area contributed by atoms with Gasteiger partial charge in [-0.2, -0.15) is 0 Å². The maximum atomic E-state index is 11.9. The van der Waals surface area contributed by atoms with Crippen LogP contribution in [0.5, 0.6) is 0 Å². The molecule has 0 aromatic heterocycles. The number of likely N-dealkylation sites (N-methyl/N-ethyl adjacent to an activating group) is 1. The number of nitrogens with zero attached hydrogens (tertiary/aromatic N) is 2. The fourth-order valence-electron chi connectivity index (χ4n) is 3.12. The summed E-state index contributed by atoms with van der Waals surface area (Å²) in [5, 5.41) is 6.95. The highest BCUT2D eigenvalue weighted by atomic mass is 16.2. The molecule has 138 valence electrons. The summed E-state index contributed by atoms with van der Waals surface area (Å²) in [5.41, 5.74) is 1.30. The summed E-state index contributed by atoms with van der Waals surface area (Å²) in [5.74, 6) is 1.41. The lowest BCUT2D eigenvalue weighted by Gasteiger charge is -2.31. The van der Waals surface area contributed by atoms with Crippen LogP contribution in [-0.4, -0.2) is 50.0 Å². The van der Waals surface area contributed by atoms with Gasteiger partial charge in [0.25, 0.3) is 0 Å². The van der Waals surface area contributed by atoms with E-state index >= 15 is 0 Å². The molecule has 25 heavy (non-hydrogen) atoms. The number of guanidine groups is 1. The third-order valence-electron chi connectivity index (χ3n) is 4.85. The molecule has 1 aromatic carbocycles. The van der Waals surface area contributed by atoms with Gasteiger partial charge in [-0.25, -0.2) is 4.99 Å². The van der Waals surface area contributed by atoms with Crippen LogP contribution in [0.3, 0.4) is 0 Å². The largest absolute Gasteiger partial charge is 0.356 e. The van der Waals surface area contributed by atoms with Crippen LogP contribution < -0.4 is 10.6 Å². The SMILES string of the molecule is CC1CCCCC1NC(=NCC(=O)N(C)C)NCCc1ccccc1. The van der Waals surface area contributed by atoms with E-state index in [4.69, 9.17) is 0 Å². The van der Waals surface area contributed by atoms with E-state index in [1.807, 2.05) is 6.07 Å². The normalized spacial score (nSPS) is 20.8. The Balaban J connectivity index is 1.92. The molecule has 1 aliphatic rings. The Kier molecular flexibility index (Phi) is 7.76. The molecule has 0 bridgehead atoms. The summed E-state index contributed by atoms with van der Waals surface area (Å²) in [6.07, 6.45) is 5.93.